The molecule has 4 rings (SSSR count). The Labute approximate surface area is 215 Å². The molecule has 0 atom stereocenters. The summed E-state index contributed by atoms with van der Waals surface area (Å²) in [6.07, 6.45) is -1.34. The SMILES string of the molecule is C=CC(=O)OCCCc1ccc(-c2ccc3c(sc4c(C(F)(F)F)c(OC(=O)C=C)ccc43)c2C)cc1. The van der Waals surface area contributed by atoms with E-state index in [0.29, 0.717) is 23.8 Å². The Morgan fingerprint density at radius 3 is 2.22 bits per heavy atom. The highest BCUT2D eigenvalue weighted by molar-refractivity contribution is 7.26. The number of carbonyl (C=O) groups is 2. The molecule has 37 heavy (non-hydrogen) atoms. The average Bonchev–Trinajstić information content (AvgIpc) is 3.25. The minimum atomic E-state index is -4.71. The zero-order chi connectivity index (χ0) is 26.7. The van der Waals surface area contributed by atoms with Gasteiger partial charge in [0.05, 0.1) is 11.3 Å². The van der Waals surface area contributed by atoms with Crippen LogP contribution in [0.2, 0.25) is 0 Å². The Kier molecular flexibility index (Phi) is 7.50. The zero-order valence-electron chi connectivity index (χ0n) is 20.0. The van der Waals surface area contributed by atoms with E-state index in [1.807, 2.05) is 43.3 Å². The lowest BCUT2D eigenvalue weighted by atomic mass is 9.96. The molecule has 0 saturated heterocycles. The normalized spacial score (nSPS) is 11.5. The lowest BCUT2D eigenvalue weighted by molar-refractivity contribution is -0.140. The van der Waals surface area contributed by atoms with E-state index >= 15 is 0 Å². The van der Waals surface area contributed by atoms with Crippen molar-refractivity contribution in [2.75, 3.05) is 6.61 Å². The molecule has 0 amide bonds. The lowest BCUT2D eigenvalue weighted by Crippen LogP contribution is -2.11. The highest BCUT2D eigenvalue weighted by Crippen LogP contribution is 2.48. The second-order valence-electron chi connectivity index (χ2n) is 8.33. The third-order valence-electron chi connectivity index (χ3n) is 5.97. The van der Waals surface area contributed by atoms with Crippen LogP contribution in [0.5, 0.6) is 5.75 Å². The molecule has 4 aromatic rings. The number of thiophene rings is 1. The fourth-order valence-electron chi connectivity index (χ4n) is 4.20. The van der Waals surface area contributed by atoms with Crippen molar-refractivity contribution in [1.82, 2.24) is 0 Å². The first kappa shape index (κ1) is 26.2. The summed E-state index contributed by atoms with van der Waals surface area (Å²) in [6.45, 7) is 8.81. The molecular weight excluding hydrogens is 501 g/mol. The van der Waals surface area contributed by atoms with Gasteiger partial charge < -0.3 is 9.47 Å². The van der Waals surface area contributed by atoms with Gasteiger partial charge in [-0.1, -0.05) is 49.6 Å². The van der Waals surface area contributed by atoms with Crippen molar-refractivity contribution >= 4 is 43.4 Å². The van der Waals surface area contributed by atoms with Crippen LogP contribution >= 0.6 is 11.3 Å². The van der Waals surface area contributed by atoms with Gasteiger partial charge >= 0.3 is 18.1 Å². The number of ether oxygens (including phenoxy) is 2. The average molecular weight is 525 g/mol. The van der Waals surface area contributed by atoms with Crippen LogP contribution in [0.4, 0.5) is 13.2 Å². The summed E-state index contributed by atoms with van der Waals surface area (Å²) in [5.74, 6) is -1.94. The van der Waals surface area contributed by atoms with E-state index < -0.39 is 29.4 Å². The van der Waals surface area contributed by atoms with E-state index in [-0.39, 0.29) is 4.70 Å². The number of aryl methyl sites for hydroxylation is 2. The number of esters is 2. The van der Waals surface area contributed by atoms with Gasteiger partial charge in [-0.3, -0.25) is 0 Å². The van der Waals surface area contributed by atoms with Crippen LogP contribution in [0, 0.1) is 6.92 Å². The molecule has 1 aromatic heterocycles. The third-order valence-corrected chi connectivity index (χ3v) is 7.32. The third kappa shape index (κ3) is 5.44. The smallest absolute Gasteiger partial charge is 0.421 e. The largest absolute Gasteiger partial charge is 0.463 e. The van der Waals surface area contributed by atoms with Crippen molar-refractivity contribution in [3.63, 3.8) is 0 Å². The van der Waals surface area contributed by atoms with Gasteiger partial charge in [0.15, 0.2) is 0 Å². The molecule has 8 heteroatoms. The maximum absolute atomic E-state index is 14.1. The summed E-state index contributed by atoms with van der Waals surface area (Å²) in [6, 6.07) is 14.4. The molecule has 0 spiro atoms. The fraction of sp³-hybridized carbons (Fsp3) is 0.172. The van der Waals surface area contributed by atoms with Crippen LogP contribution in [0.15, 0.2) is 73.8 Å². The number of benzene rings is 3. The molecule has 1 heterocycles. The highest BCUT2D eigenvalue weighted by Gasteiger charge is 2.38. The molecule has 0 aliphatic heterocycles. The Morgan fingerprint density at radius 1 is 0.919 bits per heavy atom. The van der Waals surface area contributed by atoms with Gasteiger partial charge in [-0.15, -0.1) is 11.3 Å². The maximum atomic E-state index is 14.1. The van der Waals surface area contributed by atoms with E-state index in [1.54, 1.807) is 6.07 Å². The summed E-state index contributed by atoms with van der Waals surface area (Å²) in [5.41, 5.74) is 2.83. The van der Waals surface area contributed by atoms with Crippen molar-refractivity contribution in [1.29, 1.82) is 0 Å². The Hall–Kier alpha value is -3.91. The topological polar surface area (TPSA) is 52.6 Å². The van der Waals surface area contributed by atoms with Crippen molar-refractivity contribution in [3.8, 4) is 16.9 Å². The van der Waals surface area contributed by atoms with Crippen LogP contribution in [-0.2, 0) is 26.9 Å². The molecule has 0 aliphatic rings. The van der Waals surface area contributed by atoms with Crippen LogP contribution in [-0.4, -0.2) is 18.5 Å². The maximum Gasteiger partial charge on any atom is 0.421 e. The van der Waals surface area contributed by atoms with E-state index in [2.05, 4.69) is 13.2 Å². The first-order chi connectivity index (χ1) is 17.6. The van der Waals surface area contributed by atoms with E-state index in [4.69, 9.17) is 9.47 Å². The molecule has 0 fully saturated rings. The Bertz CT molecular complexity index is 1510. The Morgan fingerprint density at radius 2 is 1.57 bits per heavy atom. The van der Waals surface area contributed by atoms with Gasteiger partial charge in [0, 0.05) is 27.6 Å². The van der Waals surface area contributed by atoms with Crippen molar-refractivity contribution in [2.45, 2.75) is 25.9 Å². The molecule has 0 unspecified atom stereocenters. The van der Waals surface area contributed by atoms with Gasteiger partial charge in [-0.25, -0.2) is 9.59 Å². The van der Waals surface area contributed by atoms with Gasteiger partial charge in [0.1, 0.15) is 11.3 Å². The predicted octanol–water partition coefficient (Wildman–Crippen LogP) is 7.80. The molecule has 4 nitrogen and oxygen atoms in total. The molecule has 0 N–H and O–H groups in total. The quantitative estimate of drug-likeness (QED) is 0.102. The number of carbonyl (C=O) groups excluding carboxylic acids is 2. The summed E-state index contributed by atoms with van der Waals surface area (Å²) < 4.78 is 52.9. The first-order valence-electron chi connectivity index (χ1n) is 11.4. The summed E-state index contributed by atoms with van der Waals surface area (Å²) in [5, 5.41) is 1.16. The number of rotatable bonds is 8. The van der Waals surface area contributed by atoms with Gasteiger partial charge in [0.25, 0.3) is 0 Å². The number of hydrogen-bond donors (Lipinski definition) is 0. The monoisotopic (exact) mass is 524 g/mol. The molecule has 0 saturated carbocycles. The van der Waals surface area contributed by atoms with Crippen LogP contribution < -0.4 is 4.74 Å². The minimum Gasteiger partial charge on any atom is -0.463 e. The second kappa shape index (κ2) is 10.6. The predicted molar refractivity (Wildman–Crippen MR) is 140 cm³/mol. The zero-order valence-corrected chi connectivity index (χ0v) is 20.8. The van der Waals surface area contributed by atoms with Crippen LogP contribution in [0.25, 0.3) is 31.3 Å². The summed E-state index contributed by atoms with van der Waals surface area (Å²) in [4.78, 5) is 22.8. The molecule has 0 radical (unpaired) electrons. The minimum absolute atomic E-state index is 0.0182. The second-order valence-corrected chi connectivity index (χ2v) is 9.35. The van der Waals surface area contributed by atoms with Crippen LogP contribution in [0.3, 0.4) is 0 Å². The fourth-order valence-corrected chi connectivity index (χ4v) is 5.56. The number of hydrogen-bond acceptors (Lipinski definition) is 5. The van der Waals surface area contributed by atoms with Gasteiger partial charge in [-0.05, 0) is 54.2 Å². The van der Waals surface area contributed by atoms with E-state index in [1.165, 1.54) is 6.07 Å². The molecule has 0 bridgehead atoms. The van der Waals surface area contributed by atoms with Gasteiger partial charge in [0.2, 0.25) is 0 Å². The number of halogens is 3. The molecule has 3 aromatic carbocycles. The summed E-state index contributed by atoms with van der Waals surface area (Å²) in [7, 11) is 0. The first-order valence-corrected chi connectivity index (χ1v) is 12.2. The van der Waals surface area contributed by atoms with Crippen LogP contribution in [0.1, 0.15) is 23.1 Å². The highest BCUT2D eigenvalue weighted by atomic mass is 32.1. The van der Waals surface area contributed by atoms with Crippen molar-refractivity contribution < 1.29 is 32.2 Å². The molecule has 0 aliphatic carbocycles. The van der Waals surface area contributed by atoms with Crippen molar-refractivity contribution in [2.24, 2.45) is 0 Å². The lowest BCUT2D eigenvalue weighted by Gasteiger charge is -2.13. The summed E-state index contributed by atoms with van der Waals surface area (Å²) >= 11 is 1.03. The standard InChI is InChI=1S/C29H23F3O4S/c1-4-24(33)35-16-6-7-18-8-10-19(11-9-18)20-12-13-21-22-14-15-23(36-25(34)5-2)26(29(30,31)32)28(22)37-27(21)17(20)3/h4-5,8-15H,1-2,6-7,16H2,3H3. The van der Waals surface area contributed by atoms with Crippen molar-refractivity contribution in [3.05, 3.63) is 90.5 Å². The number of alkyl halides is 3. The van der Waals surface area contributed by atoms with E-state index in [0.717, 1.165) is 56.9 Å². The number of fused-ring (bicyclic) bond motifs is 3. The van der Waals surface area contributed by atoms with E-state index in [9.17, 15) is 22.8 Å². The Balaban J connectivity index is 1.69. The van der Waals surface area contributed by atoms with Gasteiger partial charge in [-0.2, -0.15) is 13.2 Å². The molecular formula is C29H23F3O4S. The molecule has 190 valence electrons.